The van der Waals surface area contributed by atoms with E-state index in [1.54, 1.807) is 17.3 Å². The van der Waals surface area contributed by atoms with E-state index in [0.29, 0.717) is 5.56 Å². The first kappa shape index (κ1) is 16.2. The molecular formula is C16H24N2O2. The Morgan fingerprint density at radius 2 is 2.05 bits per heavy atom. The molecule has 110 valence electrons. The molecule has 1 atom stereocenters. The summed E-state index contributed by atoms with van der Waals surface area (Å²) >= 11 is 0. The summed E-state index contributed by atoms with van der Waals surface area (Å²) in [7, 11) is 3.68. The Bertz CT molecular complexity index is 456. The van der Waals surface area contributed by atoms with Crippen molar-refractivity contribution in [1.29, 1.82) is 0 Å². The number of carbonyl (C=O) groups excluding carboxylic acids is 1. The second-order valence-electron chi connectivity index (χ2n) is 4.90. The van der Waals surface area contributed by atoms with Gasteiger partial charge in [0.05, 0.1) is 11.8 Å². The van der Waals surface area contributed by atoms with Gasteiger partial charge in [0.25, 0.3) is 0 Å². The minimum absolute atomic E-state index is 0.00802. The molecule has 0 N–H and O–H groups in total. The van der Waals surface area contributed by atoms with Gasteiger partial charge in [-0.15, -0.1) is 0 Å². The third-order valence-corrected chi connectivity index (χ3v) is 2.95. The van der Waals surface area contributed by atoms with E-state index >= 15 is 0 Å². The number of carbonyl (C=O) groups is 1. The Balaban J connectivity index is 2.87. The molecular weight excluding hydrogens is 252 g/mol. The summed E-state index contributed by atoms with van der Waals surface area (Å²) < 4.78 is 5.56. The van der Waals surface area contributed by atoms with E-state index in [9.17, 15) is 4.79 Å². The molecule has 1 unspecified atom stereocenters. The zero-order valence-corrected chi connectivity index (χ0v) is 12.8. The average Bonchev–Trinajstić information content (AvgIpc) is 2.44. The molecule has 0 fully saturated rings. The fourth-order valence-corrected chi connectivity index (χ4v) is 1.86. The molecule has 1 rings (SSSR count). The van der Waals surface area contributed by atoms with E-state index in [1.165, 1.54) is 0 Å². The van der Waals surface area contributed by atoms with Gasteiger partial charge in [-0.25, -0.2) is 4.79 Å². The lowest BCUT2D eigenvalue weighted by Gasteiger charge is -2.16. The van der Waals surface area contributed by atoms with Crippen molar-refractivity contribution in [3.8, 4) is 0 Å². The van der Waals surface area contributed by atoms with Crippen LogP contribution in [0, 0.1) is 0 Å². The van der Waals surface area contributed by atoms with Crippen molar-refractivity contribution in [2.24, 2.45) is 5.10 Å². The minimum atomic E-state index is -0.272. The number of ether oxygens (including phenoxy) is 1. The number of benzene rings is 1. The summed E-state index contributed by atoms with van der Waals surface area (Å²) in [4.78, 5) is 12.3. The summed E-state index contributed by atoms with van der Waals surface area (Å²) in [5, 5.41) is 5.86. The molecule has 0 aliphatic carbocycles. The smallest absolute Gasteiger partial charge is 0.339 e. The van der Waals surface area contributed by atoms with Crippen LogP contribution in [0.1, 0.15) is 49.0 Å². The van der Waals surface area contributed by atoms with Crippen LogP contribution >= 0.6 is 0 Å². The third-order valence-electron chi connectivity index (χ3n) is 2.95. The van der Waals surface area contributed by atoms with Crippen LogP contribution in [-0.2, 0) is 4.74 Å². The Morgan fingerprint density at radius 3 is 2.65 bits per heavy atom. The number of nitrogens with zero attached hydrogens (tertiary/aromatic N) is 2. The molecule has 0 spiro atoms. The van der Waals surface area contributed by atoms with Crippen molar-refractivity contribution in [2.75, 3.05) is 14.1 Å². The SMILES string of the molecule is CCCC(CC)OC(=O)c1ccccc1/C=N/N(C)C. The number of esters is 1. The van der Waals surface area contributed by atoms with Gasteiger partial charge in [-0.1, -0.05) is 38.5 Å². The fraction of sp³-hybridized carbons (Fsp3) is 0.500. The van der Waals surface area contributed by atoms with E-state index in [1.807, 2.05) is 39.2 Å². The first-order valence-electron chi connectivity index (χ1n) is 7.09. The minimum Gasteiger partial charge on any atom is -0.459 e. The molecule has 0 aliphatic heterocycles. The predicted octanol–water partition coefficient (Wildman–Crippen LogP) is 3.32. The maximum absolute atomic E-state index is 12.3. The Kier molecular flexibility index (Phi) is 6.77. The molecule has 0 bridgehead atoms. The molecule has 20 heavy (non-hydrogen) atoms. The van der Waals surface area contributed by atoms with Gasteiger partial charge >= 0.3 is 5.97 Å². The third kappa shape index (κ3) is 5.03. The largest absolute Gasteiger partial charge is 0.459 e. The summed E-state index contributed by atoms with van der Waals surface area (Å²) in [6.07, 6.45) is 4.42. The van der Waals surface area contributed by atoms with Crippen molar-refractivity contribution >= 4 is 12.2 Å². The molecule has 0 saturated carbocycles. The summed E-state index contributed by atoms with van der Waals surface area (Å²) in [6, 6.07) is 7.36. The molecule has 0 aromatic heterocycles. The maximum Gasteiger partial charge on any atom is 0.339 e. The summed E-state index contributed by atoms with van der Waals surface area (Å²) in [5.41, 5.74) is 1.34. The lowest BCUT2D eigenvalue weighted by molar-refractivity contribution is 0.0271. The van der Waals surface area contributed by atoms with E-state index < -0.39 is 0 Å². The van der Waals surface area contributed by atoms with Crippen molar-refractivity contribution in [1.82, 2.24) is 5.01 Å². The summed E-state index contributed by atoms with van der Waals surface area (Å²) in [6.45, 7) is 4.13. The topological polar surface area (TPSA) is 41.9 Å². The highest BCUT2D eigenvalue weighted by molar-refractivity contribution is 5.99. The lowest BCUT2D eigenvalue weighted by Crippen LogP contribution is -2.18. The first-order chi connectivity index (χ1) is 9.58. The van der Waals surface area contributed by atoms with Crippen LogP contribution in [0.4, 0.5) is 0 Å². The molecule has 0 saturated heterocycles. The lowest BCUT2D eigenvalue weighted by atomic mass is 10.1. The Morgan fingerprint density at radius 1 is 1.35 bits per heavy atom. The van der Waals surface area contributed by atoms with Gasteiger partial charge in [0, 0.05) is 19.7 Å². The molecule has 0 heterocycles. The van der Waals surface area contributed by atoms with Gasteiger partial charge in [0.1, 0.15) is 6.10 Å². The molecule has 4 nitrogen and oxygen atoms in total. The van der Waals surface area contributed by atoms with Gasteiger partial charge in [-0.05, 0) is 18.9 Å². The number of hydrogen-bond donors (Lipinski definition) is 0. The van der Waals surface area contributed by atoms with Crippen molar-refractivity contribution in [3.63, 3.8) is 0 Å². The van der Waals surface area contributed by atoms with E-state index in [-0.39, 0.29) is 12.1 Å². The van der Waals surface area contributed by atoms with Gasteiger partial charge in [-0.3, -0.25) is 0 Å². The Hall–Kier alpha value is -1.84. The number of rotatable bonds is 7. The van der Waals surface area contributed by atoms with Gasteiger partial charge in [-0.2, -0.15) is 5.10 Å². The highest BCUT2D eigenvalue weighted by Crippen LogP contribution is 2.13. The van der Waals surface area contributed by atoms with Gasteiger partial charge < -0.3 is 9.75 Å². The molecule has 0 aliphatic rings. The van der Waals surface area contributed by atoms with Gasteiger partial charge in [0.15, 0.2) is 0 Å². The molecule has 0 radical (unpaired) electrons. The van der Waals surface area contributed by atoms with E-state index in [2.05, 4.69) is 12.0 Å². The highest BCUT2D eigenvalue weighted by atomic mass is 16.5. The molecule has 4 heteroatoms. The zero-order valence-electron chi connectivity index (χ0n) is 12.8. The first-order valence-corrected chi connectivity index (χ1v) is 7.09. The number of hydrogen-bond acceptors (Lipinski definition) is 4. The van der Waals surface area contributed by atoms with Crippen molar-refractivity contribution in [2.45, 2.75) is 39.2 Å². The second kappa shape index (κ2) is 8.35. The fourth-order valence-electron chi connectivity index (χ4n) is 1.86. The van der Waals surface area contributed by atoms with Crippen LogP contribution in [0.3, 0.4) is 0 Å². The molecule has 1 aromatic carbocycles. The average molecular weight is 276 g/mol. The molecule has 1 aromatic rings. The van der Waals surface area contributed by atoms with Gasteiger partial charge in [0.2, 0.25) is 0 Å². The van der Waals surface area contributed by atoms with Crippen LogP contribution in [0.2, 0.25) is 0 Å². The maximum atomic E-state index is 12.3. The highest BCUT2D eigenvalue weighted by Gasteiger charge is 2.16. The number of hydrazone groups is 1. The Labute approximate surface area is 121 Å². The van der Waals surface area contributed by atoms with E-state index in [4.69, 9.17) is 4.74 Å². The van der Waals surface area contributed by atoms with Crippen LogP contribution in [0.25, 0.3) is 0 Å². The van der Waals surface area contributed by atoms with Crippen LogP contribution in [0.5, 0.6) is 0 Å². The second-order valence-corrected chi connectivity index (χ2v) is 4.90. The summed E-state index contributed by atoms with van der Waals surface area (Å²) in [5.74, 6) is -0.272. The molecule has 0 amide bonds. The van der Waals surface area contributed by atoms with Crippen LogP contribution in [0.15, 0.2) is 29.4 Å². The normalized spacial score (nSPS) is 12.4. The van der Waals surface area contributed by atoms with Crippen molar-refractivity contribution < 1.29 is 9.53 Å². The van der Waals surface area contributed by atoms with Crippen molar-refractivity contribution in [3.05, 3.63) is 35.4 Å². The zero-order chi connectivity index (χ0) is 15.0. The quantitative estimate of drug-likeness (QED) is 0.436. The predicted molar refractivity (Wildman–Crippen MR) is 82.1 cm³/mol. The standard InChI is InChI=1S/C16H24N2O2/c1-5-9-14(6-2)20-16(19)15-11-8-7-10-13(15)12-17-18(3)4/h7-8,10-12,14H,5-6,9H2,1-4H3/b17-12+. The van der Waals surface area contributed by atoms with Crippen LogP contribution in [-0.4, -0.2) is 37.4 Å². The monoisotopic (exact) mass is 276 g/mol. The van der Waals surface area contributed by atoms with Crippen LogP contribution < -0.4 is 0 Å². The van der Waals surface area contributed by atoms with E-state index in [0.717, 1.165) is 24.8 Å².